The van der Waals surface area contributed by atoms with Crippen LogP contribution in [-0.4, -0.2) is 70.1 Å². The Labute approximate surface area is 153 Å². The summed E-state index contributed by atoms with van der Waals surface area (Å²) in [5.74, 6) is 0.295. The molecule has 2 aromatic rings. The number of benzene rings is 1. The molecular formula is C19H25N5O2. The topological polar surface area (TPSA) is 81.6 Å². The van der Waals surface area contributed by atoms with Crippen LogP contribution < -0.4 is 5.32 Å². The zero-order valence-electron chi connectivity index (χ0n) is 15.2. The summed E-state index contributed by atoms with van der Waals surface area (Å²) in [6.07, 6.45) is 4.54. The minimum atomic E-state index is -0.868. The molecular weight excluding hydrogens is 330 g/mol. The normalized spacial score (nSPS) is 20.2. The first-order valence-corrected chi connectivity index (χ1v) is 8.76. The van der Waals surface area contributed by atoms with Crippen LogP contribution >= 0.6 is 0 Å². The lowest BCUT2D eigenvalue weighted by Gasteiger charge is -2.40. The van der Waals surface area contributed by atoms with Crippen molar-refractivity contribution < 1.29 is 9.90 Å². The number of likely N-dealkylation sites (tertiary alicyclic amines) is 1. The van der Waals surface area contributed by atoms with E-state index in [2.05, 4.69) is 15.3 Å². The van der Waals surface area contributed by atoms with Crippen molar-refractivity contribution in [3.05, 3.63) is 48.3 Å². The predicted octanol–water partition coefficient (Wildman–Crippen LogP) is 1.75. The van der Waals surface area contributed by atoms with Gasteiger partial charge in [-0.3, -0.25) is 4.79 Å². The number of likely N-dealkylation sites (N-methyl/N-ethyl adjacent to an activating group) is 1. The van der Waals surface area contributed by atoms with Gasteiger partial charge in [-0.05, 0) is 39.1 Å². The maximum absolute atomic E-state index is 12.7. The van der Waals surface area contributed by atoms with Crippen molar-refractivity contribution in [1.82, 2.24) is 19.8 Å². The molecule has 1 aromatic heterocycles. The van der Waals surface area contributed by atoms with Gasteiger partial charge in [0.2, 0.25) is 5.95 Å². The van der Waals surface area contributed by atoms with E-state index in [1.54, 1.807) is 4.90 Å². The molecule has 26 heavy (non-hydrogen) atoms. The van der Waals surface area contributed by atoms with Crippen LogP contribution in [0, 0.1) is 0 Å². The number of rotatable bonds is 5. The van der Waals surface area contributed by atoms with Gasteiger partial charge in [0.15, 0.2) is 0 Å². The van der Waals surface area contributed by atoms with E-state index in [1.165, 1.54) is 12.4 Å². The molecule has 1 atom stereocenters. The monoisotopic (exact) mass is 355 g/mol. The van der Waals surface area contributed by atoms with Gasteiger partial charge >= 0.3 is 0 Å². The summed E-state index contributed by atoms with van der Waals surface area (Å²) < 4.78 is 0. The zero-order chi connectivity index (χ0) is 18.6. The van der Waals surface area contributed by atoms with E-state index in [-0.39, 0.29) is 5.91 Å². The molecule has 7 heteroatoms. The van der Waals surface area contributed by atoms with Crippen molar-refractivity contribution >= 4 is 17.5 Å². The van der Waals surface area contributed by atoms with Gasteiger partial charge in [-0.25, -0.2) is 9.97 Å². The number of carbonyl (C=O) groups is 1. The summed E-state index contributed by atoms with van der Waals surface area (Å²) in [6, 6.07) is 9.62. The van der Waals surface area contributed by atoms with Crippen LogP contribution in [0.4, 0.5) is 11.6 Å². The number of anilines is 2. The van der Waals surface area contributed by atoms with Crippen LogP contribution in [0.5, 0.6) is 0 Å². The average Bonchev–Trinajstić information content (AvgIpc) is 2.61. The number of aromatic nitrogens is 2. The number of para-hydroxylation sites is 1. The summed E-state index contributed by atoms with van der Waals surface area (Å²) >= 11 is 0. The van der Waals surface area contributed by atoms with Gasteiger partial charge in [0.1, 0.15) is 0 Å². The van der Waals surface area contributed by atoms with Crippen molar-refractivity contribution in [3.63, 3.8) is 0 Å². The number of hydrogen-bond acceptors (Lipinski definition) is 6. The summed E-state index contributed by atoms with van der Waals surface area (Å²) in [5, 5.41) is 13.8. The Balaban J connectivity index is 1.66. The van der Waals surface area contributed by atoms with E-state index < -0.39 is 5.60 Å². The number of nitrogens with zero attached hydrogens (tertiary/aromatic N) is 4. The number of β-amino-alcohol motifs (C(OH)–C–C–N with tert-alkyl or cyclic N) is 1. The first-order chi connectivity index (χ1) is 12.5. The number of amides is 1. The molecule has 1 saturated heterocycles. The lowest BCUT2D eigenvalue weighted by Crippen LogP contribution is -2.54. The van der Waals surface area contributed by atoms with Crippen LogP contribution in [0.25, 0.3) is 0 Å². The van der Waals surface area contributed by atoms with Gasteiger partial charge in [-0.1, -0.05) is 18.2 Å². The van der Waals surface area contributed by atoms with E-state index in [0.29, 0.717) is 37.6 Å². The third kappa shape index (κ3) is 4.56. The molecule has 0 radical (unpaired) electrons. The number of hydrogen-bond donors (Lipinski definition) is 2. The highest BCUT2D eigenvalue weighted by Gasteiger charge is 2.36. The van der Waals surface area contributed by atoms with Gasteiger partial charge in [0.25, 0.3) is 5.91 Å². The SMILES string of the molecule is CN(C)C[C@@]1(O)CCCN(C(=O)c2cnc(Nc3ccccc3)nc2)C1. The molecule has 0 unspecified atom stereocenters. The molecule has 1 aliphatic heterocycles. The summed E-state index contributed by atoms with van der Waals surface area (Å²) in [7, 11) is 3.84. The van der Waals surface area contributed by atoms with Crippen LogP contribution in [0.15, 0.2) is 42.7 Å². The number of carbonyl (C=O) groups excluding carboxylic acids is 1. The molecule has 3 rings (SSSR count). The average molecular weight is 355 g/mol. The molecule has 7 nitrogen and oxygen atoms in total. The quantitative estimate of drug-likeness (QED) is 0.850. The third-order valence-electron chi connectivity index (χ3n) is 4.38. The molecule has 0 aliphatic carbocycles. The molecule has 138 valence electrons. The van der Waals surface area contributed by atoms with E-state index in [0.717, 1.165) is 12.1 Å². The Morgan fingerprint density at radius 2 is 1.96 bits per heavy atom. The number of nitrogens with one attached hydrogen (secondary N) is 1. The van der Waals surface area contributed by atoms with Gasteiger partial charge in [-0.15, -0.1) is 0 Å². The largest absolute Gasteiger partial charge is 0.387 e. The van der Waals surface area contributed by atoms with E-state index in [9.17, 15) is 9.90 Å². The fourth-order valence-corrected chi connectivity index (χ4v) is 3.34. The van der Waals surface area contributed by atoms with Crippen LogP contribution in [0.1, 0.15) is 23.2 Å². The Morgan fingerprint density at radius 1 is 1.27 bits per heavy atom. The molecule has 1 fully saturated rings. The second-order valence-corrected chi connectivity index (χ2v) is 7.08. The van der Waals surface area contributed by atoms with Crippen molar-refractivity contribution in [1.29, 1.82) is 0 Å². The fourth-order valence-electron chi connectivity index (χ4n) is 3.34. The minimum Gasteiger partial charge on any atom is -0.387 e. The van der Waals surface area contributed by atoms with Crippen LogP contribution in [0.2, 0.25) is 0 Å². The van der Waals surface area contributed by atoms with Crippen molar-refractivity contribution in [2.24, 2.45) is 0 Å². The van der Waals surface area contributed by atoms with Crippen LogP contribution in [0.3, 0.4) is 0 Å². The van der Waals surface area contributed by atoms with E-state index in [1.807, 2.05) is 49.3 Å². The third-order valence-corrected chi connectivity index (χ3v) is 4.38. The Hall–Kier alpha value is -2.51. The lowest BCUT2D eigenvalue weighted by molar-refractivity contribution is -0.0391. The zero-order valence-corrected chi connectivity index (χ0v) is 15.2. The second kappa shape index (κ2) is 7.80. The van der Waals surface area contributed by atoms with Crippen molar-refractivity contribution in [2.75, 3.05) is 39.0 Å². The first-order valence-electron chi connectivity index (χ1n) is 8.76. The second-order valence-electron chi connectivity index (χ2n) is 7.08. The van der Waals surface area contributed by atoms with Gasteiger partial charge in [0, 0.05) is 31.2 Å². The lowest BCUT2D eigenvalue weighted by atomic mass is 9.92. The highest BCUT2D eigenvalue weighted by molar-refractivity contribution is 5.93. The number of aliphatic hydroxyl groups is 1. The number of piperidine rings is 1. The first kappa shape index (κ1) is 18.3. The molecule has 0 saturated carbocycles. The highest BCUT2D eigenvalue weighted by Crippen LogP contribution is 2.23. The van der Waals surface area contributed by atoms with E-state index in [4.69, 9.17) is 0 Å². The Kier molecular flexibility index (Phi) is 5.49. The highest BCUT2D eigenvalue weighted by atomic mass is 16.3. The summed E-state index contributed by atoms with van der Waals surface area (Å²) in [6.45, 7) is 1.50. The van der Waals surface area contributed by atoms with E-state index >= 15 is 0 Å². The fraction of sp³-hybridized carbons (Fsp3) is 0.421. The maximum atomic E-state index is 12.7. The molecule has 2 N–H and O–H groups in total. The molecule has 1 aliphatic rings. The van der Waals surface area contributed by atoms with Crippen molar-refractivity contribution in [2.45, 2.75) is 18.4 Å². The molecule has 2 heterocycles. The Bertz CT molecular complexity index is 735. The molecule has 1 amide bonds. The Morgan fingerprint density at radius 3 is 2.62 bits per heavy atom. The molecule has 1 aromatic carbocycles. The standard InChI is InChI=1S/C19H25N5O2/c1-23(2)13-19(26)9-6-10-24(14-19)17(25)15-11-20-18(21-12-15)22-16-7-4-3-5-8-16/h3-5,7-8,11-12,26H,6,9-10,13-14H2,1-2H3,(H,20,21,22)/t19-/m0/s1. The molecule has 0 spiro atoms. The van der Waals surface area contributed by atoms with Gasteiger partial charge < -0.3 is 20.2 Å². The van der Waals surface area contributed by atoms with Crippen molar-refractivity contribution in [3.8, 4) is 0 Å². The smallest absolute Gasteiger partial charge is 0.257 e. The predicted molar refractivity (Wildman–Crippen MR) is 100 cm³/mol. The summed E-state index contributed by atoms with van der Waals surface area (Å²) in [5.41, 5.74) is 0.446. The minimum absolute atomic E-state index is 0.145. The van der Waals surface area contributed by atoms with Gasteiger partial charge in [0.05, 0.1) is 17.7 Å². The molecule has 0 bridgehead atoms. The van der Waals surface area contributed by atoms with Gasteiger partial charge in [-0.2, -0.15) is 0 Å². The maximum Gasteiger partial charge on any atom is 0.257 e. The van der Waals surface area contributed by atoms with Crippen LogP contribution in [-0.2, 0) is 0 Å². The summed E-state index contributed by atoms with van der Waals surface area (Å²) in [4.78, 5) is 24.8.